The first-order valence-corrected chi connectivity index (χ1v) is 16.4. The molecule has 0 amide bonds. The van der Waals surface area contributed by atoms with Crippen LogP contribution in [0.2, 0.25) is 0 Å². The maximum absolute atomic E-state index is 7.15. The van der Waals surface area contributed by atoms with Crippen molar-refractivity contribution >= 4 is 25.2 Å². The van der Waals surface area contributed by atoms with Crippen molar-refractivity contribution in [3.63, 3.8) is 0 Å². The molecule has 0 aliphatic heterocycles. The van der Waals surface area contributed by atoms with E-state index in [4.69, 9.17) is 8.39 Å². The average molecular weight is 550 g/mol. The highest BCUT2D eigenvalue weighted by molar-refractivity contribution is 7.38. The fourth-order valence-electron chi connectivity index (χ4n) is 7.47. The van der Waals surface area contributed by atoms with E-state index < -0.39 is 8.16 Å². The minimum atomic E-state index is -1.43. The van der Waals surface area contributed by atoms with E-state index in [0.29, 0.717) is 11.8 Å². The molecule has 7 rings (SSSR count). The first kappa shape index (κ1) is 25.9. The van der Waals surface area contributed by atoms with Crippen LogP contribution in [0, 0.1) is 5.92 Å². The topological polar surface area (TPSA) is 29.5 Å². The number of benzene rings is 3. The van der Waals surface area contributed by atoms with Crippen molar-refractivity contribution in [3.05, 3.63) is 112 Å². The largest absolute Gasteiger partial charge is 0.408 e. The fourth-order valence-corrected chi connectivity index (χ4v) is 9.17. The highest BCUT2D eigenvalue weighted by atomic mass is 31.1. The third kappa shape index (κ3) is 4.68. The summed E-state index contributed by atoms with van der Waals surface area (Å²) in [6.07, 6.45) is 14.7. The zero-order valence-corrected chi connectivity index (χ0v) is 24.7. The minimum Gasteiger partial charge on any atom is -0.408 e. The number of hydrogen-bond donors (Lipinski definition) is 0. The maximum Gasteiger partial charge on any atom is 0.310 e. The van der Waals surface area contributed by atoms with Gasteiger partial charge in [0.2, 0.25) is 0 Å². The highest BCUT2D eigenvalue weighted by Gasteiger charge is 2.35. The molecule has 0 spiro atoms. The molecule has 1 heterocycles. The lowest BCUT2D eigenvalue weighted by atomic mass is 9.71. The van der Waals surface area contributed by atoms with Crippen LogP contribution in [0.1, 0.15) is 104 Å². The lowest BCUT2D eigenvalue weighted by molar-refractivity contribution is 0.356. The van der Waals surface area contributed by atoms with Crippen LogP contribution in [0.4, 0.5) is 0 Å². The monoisotopic (exact) mass is 549 g/mol. The van der Waals surface area contributed by atoms with Gasteiger partial charge in [-0.2, -0.15) is 4.67 Å². The second-order valence-corrected chi connectivity index (χ2v) is 13.3. The van der Waals surface area contributed by atoms with Crippen LogP contribution >= 0.6 is 8.16 Å². The van der Waals surface area contributed by atoms with Gasteiger partial charge in [-0.05, 0) is 98.6 Å². The molecule has 4 heteroatoms. The molecule has 5 atom stereocenters. The van der Waals surface area contributed by atoms with E-state index in [1.165, 1.54) is 78.1 Å². The lowest BCUT2D eigenvalue weighted by Gasteiger charge is -2.34. The van der Waals surface area contributed by atoms with Crippen LogP contribution in [-0.4, -0.2) is 0 Å². The summed E-state index contributed by atoms with van der Waals surface area (Å²) in [5.41, 5.74) is 8.05. The summed E-state index contributed by atoms with van der Waals surface area (Å²) in [6.45, 7) is 4.59. The molecule has 40 heavy (non-hydrogen) atoms. The van der Waals surface area contributed by atoms with Gasteiger partial charge in [-0.15, -0.1) is 0 Å². The second kappa shape index (κ2) is 11.1. The van der Waals surface area contributed by atoms with E-state index in [-0.39, 0.29) is 12.1 Å². The Balaban J connectivity index is 1.49. The smallest absolute Gasteiger partial charge is 0.310 e. The number of hydrogen-bond acceptors (Lipinski definition) is 3. The van der Waals surface area contributed by atoms with Gasteiger partial charge >= 0.3 is 8.16 Å². The van der Waals surface area contributed by atoms with Crippen molar-refractivity contribution < 1.29 is 8.39 Å². The van der Waals surface area contributed by atoms with Crippen molar-refractivity contribution in [1.82, 2.24) is 0 Å². The molecule has 3 aliphatic carbocycles. The van der Waals surface area contributed by atoms with Gasteiger partial charge in [-0.3, -0.25) is 0 Å². The van der Waals surface area contributed by atoms with Crippen molar-refractivity contribution in [1.29, 1.82) is 0 Å². The Morgan fingerprint density at radius 3 is 2.15 bits per heavy atom. The Kier molecular flexibility index (Phi) is 7.20. The van der Waals surface area contributed by atoms with Crippen molar-refractivity contribution in [2.24, 2.45) is 5.92 Å². The van der Waals surface area contributed by atoms with E-state index >= 15 is 0 Å². The molecule has 1 saturated carbocycles. The Hall–Kier alpha value is -3.00. The van der Waals surface area contributed by atoms with Crippen LogP contribution < -0.4 is 4.67 Å². The van der Waals surface area contributed by atoms with Gasteiger partial charge < -0.3 is 8.39 Å². The quantitative estimate of drug-likeness (QED) is 0.248. The van der Waals surface area contributed by atoms with Gasteiger partial charge in [0, 0.05) is 23.0 Å². The zero-order chi connectivity index (χ0) is 27.1. The SMILES string of the molecule is C[C@H](c1ccccc1)N([C@H](C)c1ccccc1)p1oc2c(c3c4c(ccc3o1)CCCC4)C1CCCCC1C=C2. The molecule has 3 aromatic carbocycles. The molecule has 1 fully saturated rings. The normalized spacial score (nSPS) is 21.8. The number of rotatable bonds is 5. The van der Waals surface area contributed by atoms with E-state index in [9.17, 15) is 0 Å². The summed E-state index contributed by atoms with van der Waals surface area (Å²) in [7, 11) is -1.43. The van der Waals surface area contributed by atoms with Gasteiger partial charge in [0.1, 0.15) is 11.3 Å². The lowest BCUT2D eigenvalue weighted by Crippen LogP contribution is -2.27. The molecule has 3 unspecified atom stereocenters. The summed E-state index contributed by atoms with van der Waals surface area (Å²) < 4.78 is 16.8. The molecule has 0 saturated heterocycles. The van der Waals surface area contributed by atoms with Crippen LogP contribution in [0.5, 0.6) is 0 Å². The van der Waals surface area contributed by atoms with Crippen molar-refractivity contribution in [2.45, 2.75) is 83.2 Å². The van der Waals surface area contributed by atoms with Crippen LogP contribution in [0.25, 0.3) is 17.0 Å². The molecule has 0 bridgehead atoms. The maximum atomic E-state index is 7.15. The Morgan fingerprint density at radius 2 is 1.43 bits per heavy atom. The Labute approximate surface area is 239 Å². The zero-order valence-electron chi connectivity index (χ0n) is 23.8. The van der Waals surface area contributed by atoms with Crippen LogP contribution in [0.15, 0.2) is 87.3 Å². The van der Waals surface area contributed by atoms with E-state index in [1.54, 1.807) is 0 Å². The summed E-state index contributed by atoms with van der Waals surface area (Å²) in [6, 6.07) is 26.5. The molecule has 206 valence electrons. The summed E-state index contributed by atoms with van der Waals surface area (Å²) in [5, 5.41) is 1.37. The van der Waals surface area contributed by atoms with E-state index in [1.807, 2.05) is 0 Å². The predicted molar refractivity (Wildman–Crippen MR) is 167 cm³/mol. The molecular weight excluding hydrogens is 509 g/mol. The predicted octanol–water partition coefficient (Wildman–Crippen LogP) is 10.8. The first-order chi connectivity index (χ1) is 19.7. The number of allylic oxidation sites excluding steroid dienone is 1. The molecule has 3 aliphatic rings. The Morgan fingerprint density at radius 1 is 0.750 bits per heavy atom. The van der Waals surface area contributed by atoms with Gasteiger partial charge in [-0.1, -0.05) is 85.6 Å². The summed E-state index contributed by atoms with van der Waals surface area (Å²) in [5.74, 6) is 2.18. The third-order valence-corrected chi connectivity index (χ3v) is 11.4. The first-order valence-electron chi connectivity index (χ1n) is 15.3. The van der Waals surface area contributed by atoms with Gasteiger partial charge in [-0.25, -0.2) is 0 Å². The Bertz CT molecular complexity index is 1510. The molecule has 0 radical (unpaired) electrons. The fraction of sp³-hybridized carbons (Fsp3) is 0.389. The summed E-state index contributed by atoms with van der Waals surface area (Å²) >= 11 is 0. The average Bonchev–Trinajstić information content (AvgIpc) is 3.19. The molecule has 3 nitrogen and oxygen atoms in total. The van der Waals surface area contributed by atoms with Crippen molar-refractivity contribution in [3.8, 4) is 0 Å². The van der Waals surface area contributed by atoms with Crippen LogP contribution in [0.3, 0.4) is 0 Å². The number of fused-ring (bicyclic) bond motifs is 7. The second-order valence-electron chi connectivity index (χ2n) is 11.9. The van der Waals surface area contributed by atoms with Gasteiger partial charge in [0.15, 0.2) is 0 Å². The standard InChI is InChI=1S/C36H40NO2P/c1-25(27-13-5-3-6-14-27)37(26(2)28-15-7-4-8-16-28)40-38-33-23-21-29-17-9-11-19-31(29)35(33)36-32-20-12-10-18-30(32)22-24-34(36)39-40/h3-8,13-16,21-26,29,31H,9-12,17-20H2,1-2H3/t25-,26-,29?,31?,40?/m1/s1. The molecule has 4 aromatic rings. The van der Waals surface area contributed by atoms with Crippen LogP contribution in [-0.2, 0) is 12.8 Å². The highest BCUT2D eigenvalue weighted by Crippen LogP contribution is 2.51. The third-order valence-electron chi connectivity index (χ3n) is 9.61. The van der Waals surface area contributed by atoms with Crippen molar-refractivity contribution in [2.75, 3.05) is 4.67 Å². The van der Waals surface area contributed by atoms with E-state index in [0.717, 1.165) is 17.8 Å². The molecule has 0 N–H and O–H groups in total. The van der Waals surface area contributed by atoms with E-state index in [2.05, 4.69) is 103 Å². The summed E-state index contributed by atoms with van der Waals surface area (Å²) in [4.78, 5) is 0. The number of aryl methyl sites for hydroxylation is 2. The molecule has 1 aromatic heterocycles. The van der Waals surface area contributed by atoms with Gasteiger partial charge in [0.05, 0.1) is 0 Å². The number of nitrogens with zero attached hydrogens (tertiary/aromatic N) is 1. The molecular formula is C36H40NO2P. The minimum absolute atomic E-state index is 0.112. The van der Waals surface area contributed by atoms with Gasteiger partial charge in [0.25, 0.3) is 0 Å².